The Morgan fingerprint density at radius 2 is 2.33 bits per heavy atom. The van der Waals surface area contributed by atoms with E-state index in [-0.39, 0.29) is 0 Å². The van der Waals surface area contributed by atoms with Crippen molar-refractivity contribution in [3.8, 4) is 0 Å². The van der Waals surface area contributed by atoms with Crippen LogP contribution in [0.1, 0.15) is 29.9 Å². The summed E-state index contributed by atoms with van der Waals surface area (Å²) in [5.74, 6) is 0.717. The second kappa shape index (κ2) is 4.67. The van der Waals surface area contributed by atoms with Gasteiger partial charge in [-0.3, -0.25) is 0 Å². The predicted molar refractivity (Wildman–Crippen MR) is 65.6 cm³/mol. The van der Waals surface area contributed by atoms with Crippen molar-refractivity contribution < 1.29 is 0 Å². The van der Waals surface area contributed by atoms with Gasteiger partial charge in [-0.25, -0.2) is 0 Å². The zero-order valence-corrected chi connectivity index (χ0v) is 9.64. The van der Waals surface area contributed by atoms with Crippen LogP contribution < -0.4 is 10.6 Å². The van der Waals surface area contributed by atoms with Crippen molar-refractivity contribution >= 4 is 5.69 Å². The van der Waals surface area contributed by atoms with E-state index in [0.717, 1.165) is 19.0 Å². The number of hydrogen-bond acceptors (Lipinski definition) is 2. The largest absolute Gasteiger partial charge is 0.384 e. The van der Waals surface area contributed by atoms with Gasteiger partial charge >= 0.3 is 0 Å². The number of hydrogen-bond donors (Lipinski definition) is 2. The first kappa shape index (κ1) is 10.5. The van der Waals surface area contributed by atoms with Crippen LogP contribution in [0.25, 0.3) is 0 Å². The summed E-state index contributed by atoms with van der Waals surface area (Å²) < 4.78 is 0. The molecule has 1 aliphatic heterocycles. The smallest absolute Gasteiger partial charge is 0.0379 e. The minimum Gasteiger partial charge on any atom is -0.384 e. The molecule has 1 unspecified atom stereocenters. The summed E-state index contributed by atoms with van der Waals surface area (Å²) in [5, 5.41) is 6.71. The molecule has 0 saturated heterocycles. The molecular formula is C13H20N2. The summed E-state index contributed by atoms with van der Waals surface area (Å²) in [5.41, 5.74) is 4.34. The first-order chi connectivity index (χ1) is 7.33. The molecular weight excluding hydrogens is 184 g/mol. The van der Waals surface area contributed by atoms with Crippen LogP contribution in [0, 0.1) is 6.92 Å². The molecule has 2 N–H and O–H groups in total. The predicted octanol–water partition coefficient (Wildman–Crippen LogP) is 2.50. The molecule has 1 aromatic carbocycles. The number of rotatable bonds is 4. The number of anilines is 1. The number of fused-ring (bicyclic) bond motifs is 1. The molecule has 2 rings (SSSR count). The maximum Gasteiger partial charge on any atom is 0.0379 e. The Labute approximate surface area is 92.1 Å². The molecule has 0 bridgehead atoms. The Morgan fingerprint density at radius 1 is 1.47 bits per heavy atom. The third kappa shape index (κ3) is 2.15. The third-order valence-corrected chi connectivity index (χ3v) is 3.25. The molecule has 1 atom stereocenters. The van der Waals surface area contributed by atoms with E-state index in [2.05, 4.69) is 35.8 Å². The van der Waals surface area contributed by atoms with Crippen LogP contribution in [-0.2, 0) is 0 Å². The van der Waals surface area contributed by atoms with Crippen molar-refractivity contribution in [2.24, 2.45) is 0 Å². The molecule has 2 nitrogen and oxygen atoms in total. The van der Waals surface area contributed by atoms with Gasteiger partial charge in [-0.15, -0.1) is 0 Å². The van der Waals surface area contributed by atoms with Crippen LogP contribution in [0.5, 0.6) is 0 Å². The van der Waals surface area contributed by atoms with Gasteiger partial charge in [0.25, 0.3) is 0 Å². The molecule has 0 aromatic heterocycles. The average Bonchev–Trinajstić information content (AvgIpc) is 2.63. The third-order valence-electron chi connectivity index (χ3n) is 3.25. The minimum absolute atomic E-state index is 0.717. The fourth-order valence-electron chi connectivity index (χ4n) is 2.48. The summed E-state index contributed by atoms with van der Waals surface area (Å²) in [6, 6.07) is 6.55. The fourth-order valence-corrected chi connectivity index (χ4v) is 2.48. The highest BCUT2D eigenvalue weighted by molar-refractivity contribution is 5.60. The lowest BCUT2D eigenvalue weighted by atomic mass is 9.93. The van der Waals surface area contributed by atoms with E-state index in [9.17, 15) is 0 Å². The number of nitrogens with one attached hydrogen (secondary N) is 2. The van der Waals surface area contributed by atoms with E-state index in [4.69, 9.17) is 0 Å². The lowest BCUT2D eigenvalue weighted by Gasteiger charge is -2.12. The first-order valence-corrected chi connectivity index (χ1v) is 5.81. The highest BCUT2D eigenvalue weighted by atomic mass is 14.9. The molecule has 1 aliphatic rings. The van der Waals surface area contributed by atoms with Crippen molar-refractivity contribution in [3.63, 3.8) is 0 Å². The normalized spacial score (nSPS) is 18.7. The lowest BCUT2D eigenvalue weighted by molar-refractivity contribution is 0.604. The summed E-state index contributed by atoms with van der Waals surface area (Å²) in [6.07, 6.45) is 2.54. The van der Waals surface area contributed by atoms with E-state index in [1.807, 2.05) is 7.05 Å². The molecule has 82 valence electrons. The molecule has 0 saturated carbocycles. The molecule has 0 amide bonds. The van der Waals surface area contributed by atoms with E-state index in [0.29, 0.717) is 0 Å². The number of benzene rings is 1. The van der Waals surface area contributed by atoms with Crippen LogP contribution in [-0.4, -0.2) is 20.1 Å². The second-order valence-corrected chi connectivity index (χ2v) is 4.36. The van der Waals surface area contributed by atoms with Crippen molar-refractivity contribution in [1.82, 2.24) is 5.32 Å². The van der Waals surface area contributed by atoms with Crippen molar-refractivity contribution in [1.29, 1.82) is 0 Å². The van der Waals surface area contributed by atoms with Crippen LogP contribution in [0.4, 0.5) is 5.69 Å². The lowest BCUT2D eigenvalue weighted by Crippen LogP contribution is -2.10. The Bertz CT molecular complexity index is 333. The molecule has 0 fully saturated rings. The molecule has 0 spiro atoms. The van der Waals surface area contributed by atoms with E-state index >= 15 is 0 Å². The summed E-state index contributed by atoms with van der Waals surface area (Å²) in [6.45, 7) is 4.46. The zero-order valence-electron chi connectivity index (χ0n) is 9.64. The first-order valence-electron chi connectivity index (χ1n) is 5.81. The van der Waals surface area contributed by atoms with Gasteiger partial charge in [0.1, 0.15) is 0 Å². The number of aryl methyl sites for hydroxylation is 1. The van der Waals surface area contributed by atoms with Gasteiger partial charge in [-0.05, 0) is 50.6 Å². The van der Waals surface area contributed by atoms with Crippen molar-refractivity contribution in [2.75, 3.05) is 25.5 Å². The molecule has 0 radical (unpaired) electrons. The van der Waals surface area contributed by atoms with Gasteiger partial charge < -0.3 is 10.6 Å². The second-order valence-electron chi connectivity index (χ2n) is 4.36. The Morgan fingerprint density at radius 3 is 3.13 bits per heavy atom. The van der Waals surface area contributed by atoms with Crippen LogP contribution in [0.2, 0.25) is 0 Å². The molecule has 1 heterocycles. The maximum atomic E-state index is 3.50. The fraction of sp³-hybridized carbons (Fsp3) is 0.538. The van der Waals surface area contributed by atoms with Crippen LogP contribution in [0.15, 0.2) is 18.2 Å². The van der Waals surface area contributed by atoms with Gasteiger partial charge in [0.15, 0.2) is 0 Å². The quantitative estimate of drug-likeness (QED) is 0.736. The average molecular weight is 204 g/mol. The zero-order chi connectivity index (χ0) is 10.7. The van der Waals surface area contributed by atoms with Crippen molar-refractivity contribution in [2.45, 2.75) is 25.7 Å². The van der Waals surface area contributed by atoms with Gasteiger partial charge in [0.2, 0.25) is 0 Å². The standard InChI is InChI=1S/C13H20N2/c1-10-5-3-7-12-13(10)11(9-15-12)6-4-8-14-2/h3,5,7,11,14-15H,4,6,8-9H2,1-2H3. The van der Waals surface area contributed by atoms with Crippen LogP contribution >= 0.6 is 0 Å². The monoisotopic (exact) mass is 204 g/mol. The molecule has 2 heteroatoms. The van der Waals surface area contributed by atoms with Gasteiger partial charge in [0, 0.05) is 18.2 Å². The highest BCUT2D eigenvalue weighted by Crippen LogP contribution is 2.36. The summed E-state index contributed by atoms with van der Waals surface area (Å²) in [4.78, 5) is 0. The summed E-state index contributed by atoms with van der Waals surface area (Å²) in [7, 11) is 2.02. The Kier molecular flexibility index (Phi) is 3.27. The van der Waals surface area contributed by atoms with Gasteiger partial charge in [0.05, 0.1) is 0 Å². The minimum atomic E-state index is 0.717. The maximum absolute atomic E-state index is 3.50. The van der Waals surface area contributed by atoms with E-state index in [1.165, 1.54) is 24.1 Å². The SMILES string of the molecule is CNCCCC1CNc2cccc(C)c21. The highest BCUT2D eigenvalue weighted by Gasteiger charge is 2.22. The van der Waals surface area contributed by atoms with Gasteiger partial charge in [-0.2, -0.15) is 0 Å². The topological polar surface area (TPSA) is 24.1 Å². The summed E-state index contributed by atoms with van der Waals surface area (Å²) >= 11 is 0. The van der Waals surface area contributed by atoms with Crippen molar-refractivity contribution in [3.05, 3.63) is 29.3 Å². The Balaban J connectivity index is 2.07. The van der Waals surface area contributed by atoms with Crippen LogP contribution in [0.3, 0.4) is 0 Å². The molecule has 15 heavy (non-hydrogen) atoms. The molecule has 0 aliphatic carbocycles. The van der Waals surface area contributed by atoms with Gasteiger partial charge in [-0.1, -0.05) is 12.1 Å². The molecule has 1 aromatic rings. The van der Waals surface area contributed by atoms with E-state index < -0.39 is 0 Å². The van der Waals surface area contributed by atoms with E-state index in [1.54, 1.807) is 5.56 Å². The Hall–Kier alpha value is -1.02.